The lowest BCUT2D eigenvalue weighted by molar-refractivity contribution is -0.137. The summed E-state index contributed by atoms with van der Waals surface area (Å²) in [5.41, 5.74) is 4.03. The van der Waals surface area contributed by atoms with Gasteiger partial charge in [-0.3, -0.25) is 19.6 Å². The highest BCUT2D eigenvalue weighted by Gasteiger charge is 2.47. The molecular formula is C24H25N5O4S. The Hall–Kier alpha value is -3.79. The Morgan fingerprint density at radius 3 is 2.62 bits per heavy atom. The van der Waals surface area contributed by atoms with Crippen LogP contribution in [0.15, 0.2) is 66.0 Å². The van der Waals surface area contributed by atoms with Gasteiger partial charge in [0.25, 0.3) is 5.91 Å². The first-order valence-electron chi connectivity index (χ1n) is 10.7. The van der Waals surface area contributed by atoms with E-state index in [9.17, 15) is 14.4 Å². The van der Waals surface area contributed by atoms with E-state index < -0.39 is 23.4 Å². The van der Waals surface area contributed by atoms with E-state index in [1.807, 2.05) is 59.2 Å². The van der Waals surface area contributed by atoms with Crippen LogP contribution in [-0.4, -0.2) is 50.8 Å². The lowest BCUT2D eigenvalue weighted by atomic mass is 10.00. The van der Waals surface area contributed by atoms with Crippen molar-refractivity contribution in [3.05, 3.63) is 60.8 Å². The summed E-state index contributed by atoms with van der Waals surface area (Å²) < 4.78 is 7.32. The van der Waals surface area contributed by atoms with Gasteiger partial charge in [0.05, 0.1) is 30.4 Å². The van der Waals surface area contributed by atoms with Crippen LogP contribution < -0.4 is 15.5 Å². The first-order chi connectivity index (χ1) is 16.4. The van der Waals surface area contributed by atoms with Crippen molar-refractivity contribution < 1.29 is 19.1 Å². The van der Waals surface area contributed by atoms with Gasteiger partial charge in [-0.15, -0.1) is 0 Å². The number of carbonyl (C=O) groups is 3. The minimum absolute atomic E-state index is 0.0465. The zero-order valence-electron chi connectivity index (χ0n) is 19.1. The number of hydrogen-bond acceptors (Lipinski definition) is 6. The van der Waals surface area contributed by atoms with Crippen LogP contribution in [-0.2, 0) is 9.59 Å². The molecule has 0 bridgehead atoms. The van der Waals surface area contributed by atoms with Crippen molar-refractivity contribution in [2.75, 3.05) is 12.9 Å². The van der Waals surface area contributed by atoms with Gasteiger partial charge in [0.2, 0.25) is 5.91 Å². The summed E-state index contributed by atoms with van der Waals surface area (Å²) in [5, 5.41) is 3.94. The molecule has 176 valence electrons. The molecule has 34 heavy (non-hydrogen) atoms. The molecule has 4 amide bonds. The lowest BCUT2D eigenvalue weighted by Crippen LogP contribution is -2.49. The van der Waals surface area contributed by atoms with Crippen LogP contribution in [0.2, 0.25) is 0 Å². The Morgan fingerprint density at radius 1 is 1.18 bits per heavy atom. The van der Waals surface area contributed by atoms with Gasteiger partial charge < -0.3 is 10.1 Å². The van der Waals surface area contributed by atoms with E-state index in [0.717, 1.165) is 22.0 Å². The SMILES string of the molecule is CCC1(C)NC(=O)N(NC(=O)CSc2ncc(-c3ccccc3)n2-c2cccc(OC)c2)C1=O. The van der Waals surface area contributed by atoms with E-state index in [-0.39, 0.29) is 5.75 Å². The molecule has 1 aliphatic heterocycles. The molecule has 1 unspecified atom stereocenters. The number of aromatic nitrogens is 2. The van der Waals surface area contributed by atoms with Crippen LogP contribution in [0.1, 0.15) is 20.3 Å². The fourth-order valence-electron chi connectivity index (χ4n) is 3.56. The summed E-state index contributed by atoms with van der Waals surface area (Å²) >= 11 is 1.20. The number of nitrogens with one attached hydrogen (secondary N) is 2. The molecule has 2 aromatic carbocycles. The van der Waals surface area contributed by atoms with Crippen molar-refractivity contribution in [2.45, 2.75) is 31.0 Å². The molecule has 1 fully saturated rings. The molecule has 10 heteroatoms. The molecule has 4 rings (SSSR count). The van der Waals surface area contributed by atoms with Crippen molar-refractivity contribution >= 4 is 29.6 Å². The molecule has 0 spiro atoms. The molecule has 3 aromatic rings. The molecule has 1 saturated heterocycles. The van der Waals surface area contributed by atoms with Gasteiger partial charge in [0.15, 0.2) is 5.16 Å². The predicted molar refractivity (Wildman–Crippen MR) is 128 cm³/mol. The summed E-state index contributed by atoms with van der Waals surface area (Å²) in [6.07, 6.45) is 2.16. The van der Waals surface area contributed by atoms with Gasteiger partial charge in [-0.2, -0.15) is 5.01 Å². The van der Waals surface area contributed by atoms with Gasteiger partial charge in [0.1, 0.15) is 11.3 Å². The molecule has 2 heterocycles. The van der Waals surface area contributed by atoms with E-state index in [1.165, 1.54) is 11.8 Å². The van der Waals surface area contributed by atoms with Crippen LogP contribution in [0.25, 0.3) is 16.9 Å². The lowest BCUT2D eigenvalue weighted by Gasteiger charge is -2.19. The highest BCUT2D eigenvalue weighted by Crippen LogP contribution is 2.31. The number of thioether (sulfide) groups is 1. The Kier molecular flexibility index (Phi) is 6.60. The van der Waals surface area contributed by atoms with E-state index in [2.05, 4.69) is 15.7 Å². The summed E-state index contributed by atoms with van der Waals surface area (Å²) in [6, 6.07) is 16.7. The second kappa shape index (κ2) is 9.60. The number of urea groups is 1. The number of methoxy groups -OCH3 is 1. The second-order valence-corrected chi connectivity index (χ2v) is 8.85. The zero-order valence-corrected chi connectivity index (χ0v) is 19.9. The molecule has 1 aromatic heterocycles. The summed E-state index contributed by atoms with van der Waals surface area (Å²) in [6.45, 7) is 3.42. The molecule has 1 atom stereocenters. The first-order valence-corrected chi connectivity index (χ1v) is 11.7. The highest BCUT2D eigenvalue weighted by molar-refractivity contribution is 7.99. The van der Waals surface area contributed by atoms with E-state index in [0.29, 0.717) is 17.3 Å². The summed E-state index contributed by atoms with van der Waals surface area (Å²) in [5.74, 6) is -0.330. The van der Waals surface area contributed by atoms with Crippen molar-refractivity contribution in [3.63, 3.8) is 0 Å². The quantitative estimate of drug-likeness (QED) is 0.379. The van der Waals surface area contributed by atoms with Gasteiger partial charge in [-0.1, -0.05) is 55.1 Å². The summed E-state index contributed by atoms with van der Waals surface area (Å²) in [7, 11) is 1.60. The monoisotopic (exact) mass is 479 g/mol. The predicted octanol–water partition coefficient (Wildman–Crippen LogP) is 3.39. The maximum absolute atomic E-state index is 12.6. The Morgan fingerprint density at radius 2 is 1.94 bits per heavy atom. The van der Waals surface area contributed by atoms with Gasteiger partial charge >= 0.3 is 6.03 Å². The van der Waals surface area contributed by atoms with Crippen molar-refractivity contribution in [2.24, 2.45) is 0 Å². The molecule has 9 nitrogen and oxygen atoms in total. The minimum Gasteiger partial charge on any atom is -0.497 e. The number of ether oxygens (including phenoxy) is 1. The maximum Gasteiger partial charge on any atom is 0.344 e. The van der Waals surface area contributed by atoms with E-state index in [4.69, 9.17) is 4.74 Å². The fraction of sp³-hybridized carbons (Fsp3) is 0.250. The van der Waals surface area contributed by atoms with Gasteiger partial charge in [0, 0.05) is 11.6 Å². The van der Waals surface area contributed by atoms with Crippen molar-refractivity contribution in [3.8, 4) is 22.7 Å². The molecule has 0 saturated carbocycles. The van der Waals surface area contributed by atoms with E-state index in [1.54, 1.807) is 27.2 Å². The van der Waals surface area contributed by atoms with Gasteiger partial charge in [-0.25, -0.2) is 9.78 Å². The topological polar surface area (TPSA) is 106 Å². The smallest absolute Gasteiger partial charge is 0.344 e. The van der Waals surface area contributed by atoms with Crippen LogP contribution in [0.5, 0.6) is 5.75 Å². The van der Waals surface area contributed by atoms with Crippen LogP contribution in [0.4, 0.5) is 4.79 Å². The number of carbonyl (C=O) groups excluding carboxylic acids is 3. The average molecular weight is 480 g/mol. The number of hydrogen-bond donors (Lipinski definition) is 2. The van der Waals surface area contributed by atoms with Crippen molar-refractivity contribution in [1.29, 1.82) is 0 Å². The van der Waals surface area contributed by atoms with E-state index >= 15 is 0 Å². The van der Waals surface area contributed by atoms with Crippen LogP contribution in [0, 0.1) is 0 Å². The number of hydrazine groups is 1. The van der Waals surface area contributed by atoms with Crippen LogP contribution in [0.3, 0.4) is 0 Å². The number of rotatable bonds is 8. The fourth-order valence-corrected chi connectivity index (χ4v) is 4.35. The number of imide groups is 1. The number of amides is 4. The highest BCUT2D eigenvalue weighted by atomic mass is 32.2. The van der Waals surface area contributed by atoms with Gasteiger partial charge in [-0.05, 0) is 25.5 Å². The molecule has 0 radical (unpaired) electrons. The standard InChI is InChI=1S/C24H25N5O4S/c1-4-24(2)21(31)29(22(32)26-24)27-20(30)15-34-23-25-14-19(16-9-6-5-7-10-16)28(23)17-11-8-12-18(13-17)33-3/h5-14H,4,15H2,1-3H3,(H,26,32)(H,27,30). The largest absolute Gasteiger partial charge is 0.497 e. The summed E-state index contributed by atoms with van der Waals surface area (Å²) in [4.78, 5) is 41.9. The molecular weight excluding hydrogens is 454 g/mol. The molecule has 2 N–H and O–H groups in total. The maximum atomic E-state index is 12.6. The zero-order chi connectivity index (χ0) is 24.3. The first kappa shape index (κ1) is 23.4. The van der Waals surface area contributed by atoms with Crippen molar-refractivity contribution in [1.82, 2.24) is 25.3 Å². The normalized spacial score (nSPS) is 17.6. The number of benzene rings is 2. The molecule has 0 aliphatic carbocycles. The number of nitrogens with zero attached hydrogens (tertiary/aromatic N) is 3. The Balaban J connectivity index is 1.56. The third-order valence-corrected chi connectivity index (χ3v) is 6.60. The number of imidazole rings is 1. The third-order valence-electron chi connectivity index (χ3n) is 5.65. The minimum atomic E-state index is -1.02. The van der Waals surface area contributed by atoms with Crippen LogP contribution >= 0.6 is 11.8 Å². The Bertz CT molecular complexity index is 1230. The second-order valence-electron chi connectivity index (χ2n) is 7.91. The molecule has 1 aliphatic rings. The average Bonchev–Trinajstić information content (AvgIpc) is 3.38. The Labute approximate surface area is 201 Å². The third kappa shape index (κ3) is 4.49.